The van der Waals surface area contributed by atoms with Crippen LogP contribution >= 0.6 is 25.3 Å². The first-order valence-electron chi connectivity index (χ1n) is 3.77. The lowest BCUT2D eigenvalue weighted by Gasteiger charge is -1.94. The van der Waals surface area contributed by atoms with Crippen LogP contribution in [0.3, 0.4) is 0 Å². The normalized spacial score (nSPS) is 11.8. The number of hydrogen-bond acceptors (Lipinski definition) is 5. The lowest BCUT2D eigenvalue weighted by Crippen LogP contribution is -2.03. The van der Waals surface area contributed by atoms with Gasteiger partial charge < -0.3 is 14.9 Å². The number of aliphatic hydroxyl groups excluding tert-OH is 2. The van der Waals surface area contributed by atoms with E-state index in [-0.39, 0.29) is 6.61 Å². The van der Waals surface area contributed by atoms with Crippen LogP contribution in [0.25, 0.3) is 0 Å². The molecule has 0 aliphatic rings. The molecule has 0 heterocycles. The minimum atomic E-state index is -0.560. The first kappa shape index (κ1) is 15.1. The van der Waals surface area contributed by atoms with Crippen molar-refractivity contribution >= 4 is 25.3 Å². The highest BCUT2D eigenvalue weighted by Gasteiger charge is 1.83. The predicted molar refractivity (Wildman–Crippen MR) is 57.3 cm³/mol. The SMILES string of the molecule is CC(O)CO.SCCOCCS. The molecule has 3 nitrogen and oxygen atoms in total. The van der Waals surface area contributed by atoms with Crippen molar-refractivity contribution in [3.05, 3.63) is 0 Å². The molecule has 5 heteroatoms. The third kappa shape index (κ3) is 22.4. The van der Waals surface area contributed by atoms with E-state index in [4.69, 9.17) is 14.9 Å². The van der Waals surface area contributed by atoms with Gasteiger partial charge in [0.2, 0.25) is 0 Å². The summed E-state index contributed by atoms with van der Waals surface area (Å²) < 4.78 is 4.98. The Morgan fingerprint density at radius 2 is 1.58 bits per heavy atom. The third-order valence-electron chi connectivity index (χ3n) is 0.735. The highest BCUT2D eigenvalue weighted by Crippen LogP contribution is 1.79. The third-order valence-corrected chi connectivity index (χ3v) is 1.10. The quantitative estimate of drug-likeness (QED) is 0.391. The van der Waals surface area contributed by atoms with Crippen molar-refractivity contribution in [1.29, 1.82) is 0 Å². The van der Waals surface area contributed by atoms with Crippen LogP contribution < -0.4 is 0 Å². The average Bonchev–Trinajstić information content (AvgIpc) is 2.07. The molecule has 12 heavy (non-hydrogen) atoms. The van der Waals surface area contributed by atoms with Gasteiger partial charge in [-0.3, -0.25) is 0 Å². The molecule has 1 atom stereocenters. The van der Waals surface area contributed by atoms with Crippen LogP contribution in [0.15, 0.2) is 0 Å². The Morgan fingerprint density at radius 1 is 1.25 bits per heavy atom. The van der Waals surface area contributed by atoms with Gasteiger partial charge in [0.25, 0.3) is 0 Å². The molecule has 0 aromatic carbocycles. The molecule has 0 aliphatic carbocycles. The Balaban J connectivity index is 0. The van der Waals surface area contributed by atoms with Crippen molar-refractivity contribution in [2.24, 2.45) is 0 Å². The summed E-state index contributed by atoms with van der Waals surface area (Å²) in [7, 11) is 0. The first-order chi connectivity index (χ1) is 5.68. The van der Waals surface area contributed by atoms with Gasteiger partial charge in [-0.15, -0.1) is 0 Å². The number of ether oxygens (including phenoxy) is 1. The van der Waals surface area contributed by atoms with Gasteiger partial charge in [0.05, 0.1) is 25.9 Å². The first-order valence-corrected chi connectivity index (χ1v) is 5.03. The van der Waals surface area contributed by atoms with Crippen molar-refractivity contribution < 1.29 is 14.9 Å². The molecule has 0 fully saturated rings. The molecule has 0 radical (unpaired) electrons. The summed E-state index contributed by atoms with van der Waals surface area (Å²) in [4.78, 5) is 0. The molecule has 0 rings (SSSR count). The van der Waals surface area contributed by atoms with Crippen LogP contribution in [0, 0.1) is 0 Å². The molecular weight excluding hydrogens is 196 g/mol. The summed E-state index contributed by atoms with van der Waals surface area (Å²) in [6.45, 7) is 2.87. The summed E-state index contributed by atoms with van der Waals surface area (Å²) in [6.07, 6.45) is -0.560. The second kappa shape index (κ2) is 14.1. The molecule has 76 valence electrons. The molecule has 0 saturated heterocycles. The maximum Gasteiger partial charge on any atom is 0.0742 e. The van der Waals surface area contributed by atoms with Gasteiger partial charge >= 0.3 is 0 Å². The number of aliphatic hydroxyl groups is 2. The standard InChI is InChI=1S/C4H10OS2.C3H8O2/c6-3-1-5-2-4-7;1-3(5)2-4/h6-7H,1-4H2;3-5H,2H2,1H3. The smallest absolute Gasteiger partial charge is 0.0742 e. The molecular formula is C7H18O3S2. The minimum absolute atomic E-state index is 0.139. The van der Waals surface area contributed by atoms with Crippen molar-refractivity contribution in [3.63, 3.8) is 0 Å². The van der Waals surface area contributed by atoms with Crippen molar-refractivity contribution in [2.75, 3.05) is 31.3 Å². The van der Waals surface area contributed by atoms with Crippen LogP contribution in [0.4, 0.5) is 0 Å². The largest absolute Gasteiger partial charge is 0.394 e. The lowest BCUT2D eigenvalue weighted by atomic mass is 10.5. The van der Waals surface area contributed by atoms with E-state index in [1.807, 2.05) is 0 Å². The van der Waals surface area contributed by atoms with Crippen molar-refractivity contribution in [1.82, 2.24) is 0 Å². The number of rotatable bonds is 5. The van der Waals surface area contributed by atoms with Gasteiger partial charge in [0.15, 0.2) is 0 Å². The van der Waals surface area contributed by atoms with E-state index in [0.29, 0.717) is 0 Å². The zero-order valence-corrected chi connectivity index (χ0v) is 9.10. The second-order valence-electron chi connectivity index (χ2n) is 2.09. The van der Waals surface area contributed by atoms with Crippen LogP contribution in [0.1, 0.15) is 6.92 Å². The molecule has 0 saturated carbocycles. The van der Waals surface area contributed by atoms with Gasteiger partial charge in [0.1, 0.15) is 0 Å². The minimum Gasteiger partial charge on any atom is -0.394 e. The maximum atomic E-state index is 8.11. The molecule has 1 unspecified atom stereocenters. The maximum absolute atomic E-state index is 8.11. The summed E-state index contributed by atoms with van der Waals surface area (Å²) in [5.74, 6) is 1.60. The zero-order chi connectivity index (χ0) is 9.82. The average molecular weight is 214 g/mol. The van der Waals surface area contributed by atoms with E-state index in [0.717, 1.165) is 24.7 Å². The van der Waals surface area contributed by atoms with Gasteiger partial charge in [0, 0.05) is 11.5 Å². The van der Waals surface area contributed by atoms with Crippen LogP contribution in [-0.2, 0) is 4.74 Å². The predicted octanol–water partition coefficient (Wildman–Crippen LogP) is 0.222. The Morgan fingerprint density at radius 3 is 1.75 bits per heavy atom. The molecule has 0 amide bonds. The zero-order valence-electron chi connectivity index (χ0n) is 7.31. The van der Waals surface area contributed by atoms with E-state index >= 15 is 0 Å². The molecule has 0 aromatic heterocycles. The van der Waals surface area contributed by atoms with Gasteiger partial charge in [-0.1, -0.05) is 0 Å². The number of hydrogen-bond donors (Lipinski definition) is 4. The molecule has 0 aliphatic heterocycles. The van der Waals surface area contributed by atoms with Crippen LogP contribution in [0.5, 0.6) is 0 Å². The summed E-state index contributed by atoms with van der Waals surface area (Å²) in [5.41, 5.74) is 0. The summed E-state index contributed by atoms with van der Waals surface area (Å²) in [5, 5.41) is 16.0. The van der Waals surface area contributed by atoms with Crippen molar-refractivity contribution in [2.45, 2.75) is 13.0 Å². The van der Waals surface area contributed by atoms with Crippen LogP contribution in [0.2, 0.25) is 0 Å². The molecule has 0 spiro atoms. The Hall–Kier alpha value is 0.580. The Bertz CT molecular complexity index is 67.7. The van der Waals surface area contributed by atoms with E-state index < -0.39 is 6.10 Å². The number of thiol groups is 2. The lowest BCUT2D eigenvalue weighted by molar-refractivity contribution is 0.110. The monoisotopic (exact) mass is 214 g/mol. The fraction of sp³-hybridized carbons (Fsp3) is 1.00. The van der Waals surface area contributed by atoms with E-state index in [1.54, 1.807) is 0 Å². The fourth-order valence-electron chi connectivity index (χ4n) is 0.231. The highest BCUT2D eigenvalue weighted by molar-refractivity contribution is 7.80. The van der Waals surface area contributed by atoms with Gasteiger partial charge in [-0.25, -0.2) is 0 Å². The highest BCUT2D eigenvalue weighted by atomic mass is 32.1. The summed E-state index contributed by atoms with van der Waals surface area (Å²) >= 11 is 7.89. The van der Waals surface area contributed by atoms with E-state index in [1.165, 1.54) is 6.92 Å². The van der Waals surface area contributed by atoms with Gasteiger partial charge in [-0.05, 0) is 6.92 Å². The molecule has 0 aromatic rings. The summed E-state index contributed by atoms with van der Waals surface area (Å²) in [6, 6.07) is 0. The fourth-order valence-corrected chi connectivity index (χ4v) is 0.489. The van der Waals surface area contributed by atoms with E-state index in [9.17, 15) is 0 Å². The molecule has 0 bridgehead atoms. The Kier molecular flexibility index (Phi) is 17.7. The van der Waals surface area contributed by atoms with Gasteiger partial charge in [-0.2, -0.15) is 25.3 Å². The topological polar surface area (TPSA) is 49.7 Å². The van der Waals surface area contributed by atoms with Crippen LogP contribution in [-0.4, -0.2) is 47.6 Å². The van der Waals surface area contributed by atoms with Crippen molar-refractivity contribution in [3.8, 4) is 0 Å². The Labute approximate surface area is 84.9 Å². The van der Waals surface area contributed by atoms with E-state index in [2.05, 4.69) is 25.3 Å². The second-order valence-corrected chi connectivity index (χ2v) is 2.99. The molecule has 2 N–H and O–H groups in total.